The molecule has 29 heavy (non-hydrogen) atoms. The number of anilines is 1. The molecule has 0 aliphatic rings. The Morgan fingerprint density at radius 1 is 0.828 bits per heavy atom. The van der Waals surface area contributed by atoms with Gasteiger partial charge in [-0.2, -0.15) is 0 Å². The van der Waals surface area contributed by atoms with Crippen LogP contribution in [0.15, 0.2) is 78.9 Å². The third kappa shape index (κ3) is 4.67. The lowest BCUT2D eigenvalue weighted by molar-refractivity contribution is 0.304. The van der Waals surface area contributed by atoms with Crippen molar-refractivity contribution in [3.05, 3.63) is 106 Å². The lowest BCUT2D eigenvalue weighted by Crippen LogP contribution is -2.05. The van der Waals surface area contributed by atoms with Crippen molar-refractivity contribution in [1.29, 1.82) is 0 Å². The first kappa shape index (κ1) is 19.6. The molecule has 0 saturated carbocycles. The van der Waals surface area contributed by atoms with Crippen molar-refractivity contribution in [3.63, 3.8) is 0 Å². The molecule has 0 heterocycles. The Labute approximate surface area is 181 Å². The van der Waals surface area contributed by atoms with Gasteiger partial charge >= 0.3 is 0 Å². The molecule has 4 aromatic carbocycles. The molecule has 0 unspecified atom stereocenters. The van der Waals surface area contributed by atoms with Crippen molar-refractivity contribution in [2.45, 2.75) is 20.1 Å². The number of aryl methyl sites for hydroxylation is 1. The third-order valence-electron chi connectivity index (χ3n) is 4.96. The van der Waals surface area contributed by atoms with Gasteiger partial charge in [0.25, 0.3) is 0 Å². The Morgan fingerprint density at radius 3 is 2.41 bits per heavy atom. The van der Waals surface area contributed by atoms with Gasteiger partial charge in [-0.05, 0) is 59.2 Å². The van der Waals surface area contributed by atoms with E-state index in [0.717, 1.165) is 38.2 Å². The number of benzene rings is 4. The van der Waals surface area contributed by atoms with Gasteiger partial charge in [0.2, 0.25) is 0 Å². The fraction of sp³-hybridized carbons (Fsp3) is 0.120. The maximum Gasteiger partial charge on any atom is 0.125 e. The molecule has 0 radical (unpaired) electrons. The topological polar surface area (TPSA) is 21.3 Å². The first-order chi connectivity index (χ1) is 14.1. The average molecular weight is 422 g/mol. The summed E-state index contributed by atoms with van der Waals surface area (Å²) in [6, 6.07) is 26.1. The monoisotopic (exact) mass is 421 g/mol. The molecule has 0 aliphatic carbocycles. The van der Waals surface area contributed by atoms with Crippen molar-refractivity contribution in [2.24, 2.45) is 0 Å². The lowest BCUT2D eigenvalue weighted by Gasteiger charge is -2.17. The fourth-order valence-corrected chi connectivity index (χ4v) is 3.64. The maximum atomic E-state index is 6.20. The molecular weight excluding hydrogens is 401 g/mol. The van der Waals surface area contributed by atoms with Gasteiger partial charge in [-0.1, -0.05) is 71.7 Å². The molecule has 0 spiro atoms. The molecule has 146 valence electrons. The van der Waals surface area contributed by atoms with E-state index in [1.165, 1.54) is 10.8 Å². The molecule has 1 N–H and O–H groups in total. The van der Waals surface area contributed by atoms with Crippen LogP contribution in [0.25, 0.3) is 10.8 Å². The van der Waals surface area contributed by atoms with E-state index in [2.05, 4.69) is 42.6 Å². The minimum atomic E-state index is 0.485. The molecule has 4 aromatic rings. The summed E-state index contributed by atoms with van der Waals surface area (Å²) in [5, 5.41) is 7.33. The van der Waals surface area contributed by atoms with E-state index in [1.54, 1.807) is 0 Å². The van der Waals surface area contributed by atoms with Crippen LogP contribution < -0.4 is 10.1 Å². The van der Waals surface area contributed by atoms with Gasteiger partial charge in [-0.15, -0.1) is 0 Å². The van der Waals surface area contributed by atoms with Crippen LogP contribution in [0.3, 0.4) is 0 Å². The van der Waals surface area contributed by atoms with Gasteiger partial charge in [-0.25, -0.2) is 0 Å². The summed E-state index contributed by atoms with van der Waals surface area (Å²) >= 11 is 12.2. The minimum absolute atomic E-state index is 0.485. The fourth-order valence-electron chi connectivity index (χ4n) is 3.34. The molecule has 0 atom stereocenters. The van der Waals surface area contributed by atoms with Gasteiger partial charge in [0, 0.05) is 27.8 Å². The Bertz CT molecular complexity index is 1140. The predicted molar refractivity (Wildman–Crippen MR) is 123 cm³/mol. The number of rotatable bonds is 6. The molecule has 2 nitrogen and oxygen atoms in total. The van der Waals surface area contributed by atoms with Crippen LogP contribution in [-0.2, 0) is 13.2 Å². The van der Waals surface area contributed by atoms with Gasteiger partial charge in [0.1, 0.15) is 12.4 Å². The van der Waals surface area contributed by atoms with Crippen LogP contribution in [0.5, 0.6) is 5.75 Å². The van der Waals surface area contributed by atoms with E-state index in [4.69, 9.17) is 27.9 Å². The molecule has 0 amide bonds. The SMILES string of the molecule is Cc1ccc(Cl)cc1NCc1c(OCc2ccc(Cl)cc2)ccc2ccccc12. The van der Waals surface area contributed by atoms with E-state index in [0.29, 0.717) is 13.2 Å². The highest BCUT2D eigenvalue weighted by Crippen LogP contribution is 2.30. The van der Waals surface area contributed by atoms with Gasteiger partial charge in [0.15, 0.2) is 0 Å². The second-order valence-electron chi connectivity index (χ2n) is 6.99. The van der Waals surface area contributed by atoms with Crippen molar-refractivity contribution in [1.82, 2.24) is 0 Å². The normalized spacial score (nSPS) is 10.9. The van der Waals surface area contributed by atoms with Crippen LogP contribution in [0.1, 0.15) is 16.7 Å². The van der Waals surface area contributed by atoms with Crippen molar-refractivity contribution < 1.29 is 4.74 Å². The molecule has 0 aromatic heterocycles. The van der Waals surface area contributed by atoms with Crippen molar-refractivity contribution in [3.8, 4) is 5.75 Å². The zero-order valence-electron chi connectivity index (χ0n) is 16.1. The first-order valence-corrected chi connectivity index (χ1v) is 10.2. The van der Waals surface area contributed by atoms with Crippen LogP contribution in [0.4, 0.5) is 5.69 Å². The second kappa shape index (κ2) is 8.77. The number of hydrogen-bond donors (Lipinski definition) is 1. The van der Waals surface area contributed by atoms with Crippen LogP contribution in [0.2, 0.25) is 10.0 Å². The molecule has 0 fully saturated rings. The van der Waals surface area contributed by atoms with Crippen molar-refractivity contribution in [2.75, 3.05) is 5.32 Å². The zero-order chi connectivity index (χ0) is 20.2. The number of nitrogens with one attached hydrogen (secondary N) is 1. The van der Waals surface area contributed by atoms with Crippen LogP contribution in [0, 0.1) is 6.92 Å². The number of hydrogen-bond acceptors (Lipinski definition) is 2. The molecule has 4 rings (SSSR count). The predicted octanol–water partition coefficient (Wildman–Crippen LogP) is 7.65. The zero-order valence-corrected chi connectivity index (χ0v) is 17.6. The van der Waals surface area contributed by atoms with Gasteiger partial charge in [-0.3, -0.25) is 0 Å². The standard InChI is InChI=1S/C25H21Cl2NO/c1-17-6-10-21(27)14-24(17)28-15-23-22-5-3-2-4-19(22)9-13-25(23)29-16-18-7-11-20(26)12-8-18/h2-14,28H,15-16H2,1H3. The van der Waals surface area contributed by atoms with E-state index in [1.807, 2.05) is 48.5 Å². The lowest BCUT2D eigenvalue weighted by atomic mass is 10.0. The largest absolute Gasteiger partial charge is 0.489 e. The van der Waals surface area contributed by atoms with Crippen molar-refractivity contribution >= 4 is 39.7 Å². The molecular formula is C25H21Cl2NO. The Balaban J connectivity index is 1.63. The Kier molecular flexibility index (Phi) is 5.94. The van der Waals surface area contributed by atoms with E-state index < -0.39 is 0 Å². The number of fused-ring (bicyclic) bond motifs is 1. The molecule has 0 aliphatic heterocycles. The second-order valence-corrected chi connectivity index (χ2v) is 7.86. The highest BCUT2D eigenvalue weighted by atomic mass is 35.5. The Morgan fingerprint density at radius 2 is 1.59 bits per heavy atom. The Hall–Kier alpha value is -2.68. The van der Waals surface area contributed by atoms with E-state index in [9.17, 15) is 0 Å². The summed E-state index contributed by atoms with van der Waals surface area (Å²) in [5.74, 6) is 0.867. The quantitative estimate of drug-likeness (QED) is 0.345. The number of ether oxygens (including phenoxy) is 1. The summed E-state index contributed by atoms with van der Waals surface area (Å²) < 4.78 is 6.20. The summed E-state index contributed by atoms with van der Waals surface area (Å²) in [6.45, 7) is 3.19. The number of halogens is 2. The van der Waals surface area contributed by atoms with E-state index in [-0.39, 0.29) is 0 Å². The summed E-state index contributed by atoms with van der Waals surface area (Å²) in [7, 11) is 0. The highest BCUT2D eigenvalue weighted by molar-refractivity contribution is 6.31. The average Bonchev–Trinajstić information content (AvgIpc) is 2.74. The third-order valence-corrected chi connectivity index (χ3v) is 5.45. The smallest absolute Gasteiger partial charge is 0.125 e. The minimum Gasteiger partial charge on any atom is -0.489 e. The van der Waals surface area contributed by atoms with Gasteiger partial charge < -0.3 is 10.1 Å². The molecule has 0 bridgehead atoms. The maximum absolute atomic E-state index is 6.20. The van der Waals surface area contributed by atoms with Gasteiger partial charge in [0.05, 0.1) is 0 Å². The molecule has 0 saturated heterocycles. The summed E-state index contributed by atoms with van der Waals surface area (Å²) in [5.41, 5.74) is 4.37. The van der Waals surface area contributed by atoms with Crippen LogP contribution >= 0.6 is 23.2 Å². The first-order valence-electron chi connectivity index (χ1n) is 9.48. The van der Waals surface area contributed by atoms with E-state index >= 15 is 0 Å². The highest BCUT2D eigenvalue weighted by Gasteiger charge is 2.10. The van der Waals surface area contributed by atoms with Crippen LogP contribution in [-0.4, -0.2) is 0 Å². The summed E-state index contributed by atoms with van der Waals surface area (Å²) in [4.78, 5) is 0. The summed E-state index contributed by atoms with van der Waals surface area (Å²) in [6.07, 6.45) is 0. The molecule has 4 heteroatoms.